The number of aromatic amines is 1. The first-order valence-corrected chi connectivity index (χ1v) is 10.3. The number of nitrogens with zero attached hydrogens (tertiary/aromatic N) is 1. The smallest absolute Gasteiger partial charge is 0.261 e. The fourth-order valence-electron chi connectivity index (χ4n) is 4.54. The van der Waals surface area contributed by atoms with E-state index in [1.807, 2.05) is 36.4 Å². The molecule has 1 aromatic heterocycles. The number of rotatable bonds is 3. The molecule has 3 aromatic rings. The molecule has 0 unspecified atom stereocenters. The van der Waals surface area contributed by atoms with Crippen molar-refractivity contribution in [2.75, 3.05) is 0 Å². The second-order valence-electron chi connectivity index (χ2n) is 7.96. The van der Waals surface area contributed by atoms with Gasteiger partial charge >= 0.3 is 0 Å². The Kier molecular flexibility index (Phi) is 4.51. The summed E-state index contributed by atoms with van der Waals surface area (Å²) in [5, 5.41) is 3.25. The fourth-order valence-corrected chi connectivity index (χ4v) is 4.54. The maximum Gasteiger partial charge on any atom is 0.261 e. The first-order chi connectivity index (χ1) is 13.8. The van der Waals surface area contributed by atoms with Gasteiger partial charge in [0.25, 0.3) is 5.91 Å². The maximum absolute atomic E-state index is 12.8. The molecule has 2 heterocycles. The molecule has 1 aliphatic carbocycles. The van der Waals surface area contributed by atoms with Gasteiger partial charge in [-0.1, -0.05) is 36.8 Å². The van der Waals surface area contributed by atoms with Gasteiger partial charge in [0.2, 0.25) is 0 Å². The van der Waals surface area contributed by atoms with Crippen LogP contribution in [0.4, 0.5) is 0 Å². The quantitative estimate of drug-likeness (QED) is 0.724. The normalized spacial score (nSPS) is 24.4. The van der Waals surface area contributed by atoms with Gasteiger partial charge in [-0.3, -0.25) is 4.79 Å². The lowest BCUT2D eigenvalue weighted by Gasteiger charge is -2.31. The molecule has 0 spiro atoms. The van der Waals surface area contributed by atoms with Gasteiger partial charge in [0.1, 0.15) is 11.6 Å². The van der Waals surface area contributed by atoms with Crippen LogP contribution in [0.25, 0.3) is 11.0 Å². The minimum absolute atomic E-state index is 0.0183. The number of aromatic nitrogens is 2. The van der Waals surface area contributed by atoms with Crippen LogP contribution in [0.15, 0.2) is 48.5 Å². The first-order valence-electron chi connectivity index (χ1n) is 10.3. The predicted molar refractivity (Wildman–Crippen MR) is 108 cm³/mol. The van der Waals surface area contributed by atoms with Crippen molar-refractivity contribution in [2.24, 2.45) is 0 Å². The molecule has 5 heteroatoms. The van der Waals surface area contributed by atoms with E-state index in [9.17, 15) is 4.79 Å². The number of hydrogen-bond donors (Lipinski definition) is 2. The van der Waals surface area contributed by atoms with Crippen molar-refractivity contribution in [3.05, 3.63) is 59.9 Å². The van der Waals surface area contributed by atoms with Crippen molar-refractivity contribution < 1.29 is 9.53 Å². The number of para-hydroxylation sites is 3. The SMILES string of the molecule is O=C(N[C@@H]1CCC[C@H](c2nc3ccccc3[nH]2)C1)[C@H]1CCc2ccccc2O1. The van der Waals surface area contributed by atoms with Crippen molar-refractivity contribution >= 4 is 16.9 Å². The van der Waals surface area contributed by atoms with Crippen LogP contribution in [-0.4, -0.2) is 28.0 Å². The van der Waals surface area contributed by atoms with Crippen LogP contribution >= 0.6 is 0 Å². The molecular weight excluding hydrogens is 350 g/mol. The average molecular weight is 375 g/mol. The second kappa shape index (κ2) is 7.30. The molecule has 2 aromatic carbocycles. The Balaban J connectivity index is 1.24. The van der Waals surface area contributed by atoms with E-state index in [-0.39, 0.29) is 18.1 Å². The summed E-state index contributed by atoms with van der Waals surface area (Å²) < 4.78 is 5.96. The molecule has 0 saturated heterocycles. The van der Waals surface area contributed by atoms with Gasteiger partial charge in [-0.15, -0.1) is 0 Å². The van der Waals surface area contributed by atoms with Crippen LogP contribution in [0.3, 0.4) is 0 Å². The first kappa shape index (κ1) is 17.3. The zero-order valence-electron chi connectivity index (χ0n) is 15.9. The number of aryl methyl sites for hydroxylation is 1. The Morgan fingerprint density at radius 2 is 1.93 bits per heavy atom. The summed E-state index contributed by atoms with van der Waals surface area (Å²) in [4.78, 5) is 21.0. The number of nitrogens with one attached hydrogen (secondary N) is 2. The average Bonchev–Trinajstić information content (AvgIpc) is 3.18. The Morgan fingerprint density at radius 1 is 1.07 bits per heavy atom. The molecule has 144 valence electrons. The number of carbonyl (C=O) groups excluding carboxylic acids is 1. The summed E-state index contributed by atoms with van der Waals surface area (Å²) in [5.41, 5.74) is 3.28. The second-order valence-corrected chi connectivity index (χ2v) is 7.96. The number of amides is 1. The van der Waals surface area contributed by atoms with Gasteiger partial charge in [-0.2, -0.15) is 0 Å². The third-order valence-electron chi connectivity index (χ3n) is 6.03. The van der Waals surface area contributed by atoms with Crippen LogP contribution in [-0.2, 0) is 11.2 Å². The predicted octanol–water partition coefficient (Wildman–Crippen LogP) is 4.10. The number of carbonyl (C=O) groups is 1. The van der Waals surface area contributed by atoms with Gasteiger partial charge in [-0.25, -0.2) is 4.98 Å². The molecule has 1 aliphatic heterocycles. The van der Waals surface area contributed by atoms with E-state index in [1.54, 1.807) is 0 Å². The van der Waals surface area contributed by atoms with E-state index in [2.05, 4.69) is 22.4 Å². The van der Waals surface area contributed by atoms with Crippen molar-refractivity contribution in [2.45, 2.75) is 56.6 Å². The van der Waals surface area contributed by atoms with Gasteiger partial charge < -0.3 is 15.0 Å². The van der Waals surface area contributed by atoms with E-state index in [4.69, 9.17) is 9.72 Å². The number of ether oxygens (including phenoxy) is 1. The lowest BCUT2D eigenvalue weighted by atomic mass is 9.85. The number of fused-ring (bicyclic) bond motifs is 2. The molecule has 0 bridgehead atoms. The topological polar surface area (TPSA) is 67.0 Å². The Bertz CT molecular complexity index is 963. The number of hydrogen-bond acceptors (Lipinski definition) is 3. The summed E-state index contributed by atoms with van der Waals surface area (Å²) in [7, 11) is 0. The minimum atomic E-state index is -0.388. The molecular formula is C23H25N3O2. The highest BCUT2D eigenvalue weighted by molar-refractivity contribution is 5.81. The van der Waals surface area contributed by atoms with Crippen LogP contribution in [0.2, 0.25) is 0 Å². The lowest BCUT2D eigenvalue weighted by Crippen LogP contribution is -2.46. The zero-order chi connectivity index (χ0) is 18.9. The van der Waals surface area contributed by atoms with Crippen molar-refractivity contribution in [3.63, 3.8) is 0 Å². The molecule has 5 rings (SSSR count). The van der Waals surface area contributed by atoms with E-state index in [0.29, 0.717) is 5.92 Å². The molecule has 1 fully saturated rings. The molecule has 2 N–H and O–H groups in total. The molecule has 2 aliphatic rings. The van der Waals surface area contributed by atoms with E-state index in [0.717, 1.165) is 61.1 Å². The Morgan fingerprint density at radius 3 is 2.86 bits per heavy atom. The summed E-state index contributed by atoms with van der Waals surface area (Å²) >= 11 is 0. The molecule has 0 radical (unpaired) electrons. The maximum atomic E-state index is 12.8. The molecule has 1 amide bonds. The standard InChI is InChI=1S/C23H25N3O2/c27-23(21-13-12-15-6-1-4-11-20(15)28-21)24-17-8-5-7-16(14-17)22-25-18-9-2-3-10-19(18)26-22/h1-4,6,9-11,16-17,21H,5,7-8,12-14H2,(H,24,27)(H,25,26)/t16-,17+,21+/m0/s1. The zero-order valence-corrected chi connectivity index (χ0v) is 15.9. The van der Waals surface area contributed by atoms with Crippen LogP contribution in [0.5, 0.6) is 5.75 Å². The Labute approximate surface area is 164 Å². The number of H-pyrrole nitrogens is 1. The summed E-state index contributed by atoms with van der Waals surface area (Å²) in [6.07, 6.45) is 5.39. The molecule has 5 nitrogen and oxygen atoms in total. The van der Waals surface area contributed by atoms with Gasteiger partial charge in [0.05, 0.1) is 11.0 Å². The minimum Gasteiger partial charge on any atom is -0.480 e. The molecule has 3 atom stereocenters. The third kappa shape index (κ3) is 3.37. The summed E-state index contributed by atoms with van der Waals surface area (Å²) in [6, 6.07) is 16.3. The van der Waals surface area contributed by atoms with Gasteiger partial charge in [0, 0.05) is 12.0 Å². The number of imidazole rings is 1. The monoisotopic (exact) mass is 375 g/mol. The summed E-state index contributed by atoms with van der Waals surface area (Å²) in [6.45, 7) is 0. The highest BCUT2D eigenvalue weighted by Gasteiger charge is 2.31. The largest absolute Gasteiger partial charge is 0.480 e. The van der Waals surface area contributed by atoms with Crippen LogP contribution in [0.1, 0.15) is 49.4 Å². The highest BCUT2D eigenvalue weighted by Crippen LogP contribution is 2.33. The molecule has 28 heavy (non-hydrogen) atoms. The number of benzene rings is 2. The van der Waals surface area contributed by atoms with Crippen LogP contribution < -0.4 is 10.1 Å². The fraction of sp³-hybridized carbons (Fsp3) is 0.391. The summed E-state index contributed by atoms with van der Waals surface area (Å²) in [5.74, 6) is 2.27. The third-order valence-corrected chi connectivity index (χ3v) is 6.03. The van der Waals surface area contributed by atoms with Crippen molar-refractivity contribution in [3.8, 4) is 5.75 Å². The Hall–Kier alpha value is -2.82. The van der Waals surface area contributed by atoms with Crippen molar-refractivity contribution in [1.82, 2.24) is 15.3 Å². The lowest BCUT2D eigenvalue weighted by molar-refractivity contribution is -0.129. The van der Waals surface area contributed by atoms with Crippen LogP contribution in [0, 0.1) is 0 Å². The van der Waals surface area contributed by atoms with Gasteiger partial charge in [0.15, 0.2) is 6.10 Å². The highest BCUT2D eigenvalue weighted by atomic mass is 16.5. The van der Waals surface area contributed by atoms with Gasteiger partial charge in [-0.05, 0) is 55.9 Å². The molecule has 1 saturated carbocycles. The van der Waals surface area contributed by atoms with E-state index < -0.39 is 0 Å². The van der Waals surface area contributed by atoms with Crippen molar-refractivity contribution in [1.29, 1.82) is 0 Å². The van der Waals surface area contributed by atoms with E-state index >= 15 is 0 Å². The van der Waals surface area contributed by atoms with E-state index in [1.165, 1.54) is 5.56 Å².